The highest BCUT2D eigenvalue weighted by Crippen LogP contribution is 2.36. The van der Waals surface area contributed by atoms with Crippen LogP contribution in [0.4, 0.5) is 5.69 Å². The topological polar surface area (TPSA) is 64.8 Å². The smallest absolute Gasteiger partial charge is 0.230 e. The van der Waals surface area contributed by atoms with E-state index in [1.54, 1.807) is 11.3 Å². The van der Waals surface area contributed by atoms with E-state index in [4.69, 9.17) is 15.2 Å². The van der Waals surface area contributed by atoms with E-state index in [9.17, 15) is 4.79 Å². The van der Waals surface area contributed by atoms with Crippen LogP contribution in [0.1, 0.15) is 35.4 Å². The summed E-state index contributed by atoms with van der Waals surface area (Å²) < 4.78 is 11.4. The first kappa shape index (κ1) is 21.0. The number of thiophene rings is 1. The van der Waals surface area contributed by atoms with E-state index in [1.165, 1.54) is 9.75 Å². The first-order valence-electron chi connectivity index (χ1n) is 9.62. The lowest BCUT2D eigenvalue weighted by Gasteiger charge is -2.32. The highest BCUT2D eigenvalue weighted by molar-refractivity contribution is 7.11. The second kappa shape index (κ2) is 9.16. The Balaban J connectivity index is 0.00000225. The van der Waals surface area contributed by atoms with E-state index in [1.807, 2.05) is 23.1 Å². The summed E-state index contributed by atoms with van der Waals surface area (Å²) in [7, 11) is 0. The molecular weight excluding hydrogens is 396 g/mol. The van der Waals surface area contributed by atoms with Gasteiger partial charge in [-0.05, 0) is 50.5 Å². The largest absolute Gasteiger partial charge is 0.486 e. The summed E-state index contributed by atoms with van der Waals surface area (Å²) >= 11 is 1.73. The van der Waals surface area contributed by atoms with Crippen molar-refractivity contribution in [2.75, 3.05) is 18.1 Å². The molecule has 2 aliphatic rings. The van der Waals surface area contributed by atoms with E-state index < -0.39 is 0 Å². The maximum Gasteiger partial charge on any atom is 0.230 e. The molecule has 1 aromatic carbocycles. The number of fused-ring (bicyclic) bond motifs is 1. The molecule has 152 valence electrons. The highest BCUT2D eigenvalue weighted by atomic mass is 35.5. The minimum atomic E-state index is -0.0111. The Morgan fingerprint density at radius 1 is 1.18 bits per heavy atom. The van der Waals surface area contributed by atoms with Gasteiger partial charge in [-0.1, -0.05) is 6.42 Å². The number of rotatable bonds is 4. The Hall–Kier alpha value is -1.76. The molecule has 0 spiro atoms. The predicted octanol–water partition coefficient (Wildman–Crippen LogP) is 4.30. The average molecular weight is 423 g/mol. The Morgan fingerprint density at radius 3 is 2.68 bits per heavy atom. The number of hydrogen-bond donors (Lipinski definition) is 1. The van der Waals surface area contributed by atoms with Crippen LogP contribution >= 0.6 is 23.7 Å². The minimum absolute atomic E-state index is 0. The number of halogens is 1. The van der Waals surface area contributed by atoms with Gasteiger partial charge in [-0.25, -0.2) is 0 Å². The molecule has 1 aromatic heterocycles. The lowest BCUT2D eigenvalue weighted by atomic mass is 9.85. The number of ether oxygens (including phenoxy) is 2. The zero-order valence-corrected chi connectivity index (χ0v) is 17.7. The molecule has 4 rings (SSSR count). The SMILES string of the molecule is Cc1ccc(CN(C(=O)C2CCCC(N)C2)c2ccc3c(c2)OCCO3)s1.Cl. The van der Waals surface area contributed by atoms with E-state index in [0.29, 0.717) is 25.5 Å². The van der Waals surface area contributed by atoms with Gasteiger partial charge < -0.3 is 20.1 Å². The number of nitrogens with zero attached hydrogens (tertiary/aromatic N) is 1. The number of nitrogens with two attached hydrogens (primary N) is 1. The van der Waals surface area contributed by atoms with Gasteiger partial charge in [-0.2, -0.15) is 0 Å². The maximum atomic E-state index is 13.4. The molecule has 2 atom stereocenters. The number of amides is 1. The monoisotopic (exact) mass is 422 g/mol. The number of carbonyl (C=O) groups is 1. The molecule has 0 bridgehead atoms. The highest BCUT2D eigenvalue weighted by Gasteiger charge is 2.30. The van der Waals surface area contributed by atoms with Crippen LogP contribution in [-0.4, -0.2) is 25.2 Å². The fraction of sp³-hybridized carbons (Fsp3) is 0.476. The summed E-state index contributed by atoms with van der Waals surface area (Å²) in [6.45, 7) is 3.75. The third kappa shape index (κ3) is 4.62. The van der Waals surface area contributed by atoms with Crippen molar-refractivity contribution in [2.24, 2.45) is 11.7 Å². The molecule has 1 aliphatic heterocycles. The Kier molecular flexibility index (Phi) is 6.86. The molecule has 2 N–H and O–H groups in total. The molecule has 1 amide bonds. The van der Waals surface area contributed by atoms with Crippen LogP contribution < -0.4 is 20.1 Å². The molecule has 7 heteroatoms. The van der Waals surface area contributed by atoms with Crippen LogP contribution in [0.15, 0.2) is 30.3 Å². The Morgan fingerprint density at radius 2 is 1.96 bits per heavy atom. The molecule has 2 heterocycles. The first-order chi connectivity index (χ1) is 13.1. The van der Waals surface area contributed by atoms with Crippen molar-refractivity contribution >= 4 is 35.3 Å². The third-order valence-electron chi connectivity index (χ3n) is 5.28. The van der Waals surface area contributed by atoms with Crippen molar-refractivity contribution in [3.63, 3.8) is 0 Å². The van der Waals surface area contributed by atoms with E-state index in [0.717, 1.165) is 37.1 Å². The van der Waals surface area contributed by atoms with Gasteiger partial charge in [0.25, 0.3) is 0 Å². The molecule has 2 aromatic rings. The number of anilines is 1. The summed E-state index contributed by atoms with van der Waals surface area (Å²) in [5, 5.41) is 0. The van der Waals surface area contributed by atoms with Crippen molar-refractivity contribution in [2.45, 2.75) is 45.2 Å². The van der Waals surface area contributed by atoms with Gasteiger partial charge >= 0.3 is 0 Å². The van der Waals surface area contributed by atoms with Crippen molar-refractivity contribution < 1.29 is 14.3 Å². The molecule has 2 unspecified atom stereocenters. The summed E-state index contributed by atoms with van der Waals surface area (Å²) in [4.78, 5) is 17.7. The van der Waals surface area contributed by atoms with Crippen molar-refractivity contribution in [1.29, 1.82) is 0 Å². The number of benzene rings is 1. The fourth-order valence-corrected chi connectivity index (χ4v) is 4.77. The Labute approximate surface area is 176 Å². The van der Waals surface area contributed by atoms with Gasteiger partial charge in [0, 0.05) is 33.5 Å². The summed E-state index contributed by atoms with van der Waals surface area (Å²) in [5.41, 5.74) is 7.00. The lowest BCUT2D eigenvalue weighted by molar-refractivity contribution is -0.123. The van der Waals surface area contributed by atoms with Crippen molar-refractivity contribution in [1.82, 2.24) is 0 Å². The fourth-order valence-electron chi connectivity index (χ4n) is 3.89. The van der Waals surface area contributed by atoms with Crippen LogP contribution in [0.2, 0.25) is 0 Å². The third-order valence-corrected chi connectivity index (χ3v) is 6.26. The molecule has 0 radical (unpaired) electrons. The predicted molar refractivity (Wildman–Crippen MR) is 115 cm³/mol. The number of aryl methyl sites for hydroxylation is 1. The van der Waals surface area contributed by atoms with E-state index >= 15 is 0 Å². The number of hydrogen-bond acceptors (Lipinski definition) is 5. The van der Waals surface area contributed by atoms with E-state index in [-0.39, 0.29) is 30.3 Å². The zero-order valence-electron chi connectivity index (χ0n) is 16.1. The second-order valence-corrected chi connectivity index (χ2v) is 8.76. The van der Waals surface area contributed by atoms with Gasteiger partial charge in [0.15, 0.2) is 11.5 Å². The van der Waals surface area contributed by atoms with Crippen LogP contribution in [0.5, 0.6) is 11.5 Å². The molecule has 0 saturated heterocycles. The van der Waals surface area contributed by atoms with Crippen molar-refractivity contribution in [3.05, 3.63) is 40.1 Å². The van der Waals surface area contributed by atoms with E-state index in [2.05, 4.69) is 19.1 Å². The molecule has 1 aliphatic carbocycles. The Bertz CT molecular complexity index is 826. The normalized spacial score (nSPS) is 20.9. The zero-order chi connectivity index (χ0) is 18.8. The summed E-state index contributed by atoms with van der Waals surface area (Å²) in [6.07, 6.45) is 3.71. The van der Waals surface area contributed by atoms with Crippen LogP contribution in [0.25, 0.3) is 0 Å². The molecule has 1 fully saturated rings. The molecular formula is C21H27ClN2O3S. The van der Waals surface area contributed by atoms with Gasteiger partial charge in [0.1, 0.15) is 13.2 Å². The van der Waals surface area contributed by atoms with Crippen LogP contribution in [0, 0.1) is 12.8 Å². The van der Waals surface area contributed by atoms with Gasteiger partial charge in [0.05, 0.1) is 6.54 Å². The summed E-state index contributed by atoms with van der Waals surface area (Å²) in [6, 6.07) is 10.1. The lowest BCUT2D eigenvalue weighted by Crippen LogP contribution is -2.40. The van der Waals surface area contributed by atoms with Gasteiger partial charge in [0.2, 0.25) is 5.91 Å². The summed E-state index contributed by atoms with van der Waals surface area (Å²) in [5.74, 6) is 1.60. The first-order valence-corrected chi connectivity index (χ1v) is 10.4. The number of carbonyl (C=O) groups excluding carboxylic acids is 1. The maximum absolute atomic E-state index is 13.4. The van der Waals surface area contributed by atoms with Crippen LogP contribution in [0.3, 0.4) is 0 Å². The van der Waals surface area contributed by atoms with Crippen LogP contribution in [-0.2, 0) is 11.3 Å². The quantitative estimate of drug-likeness (QED) is 0.797. The van der Waals surface area contributed by atoms with Gasteiger partial charge in [-0.3, -0.25) is 4.79 Å². The molecule has 5 nitrogen and oxygen atoms in total. The van der Waals surface area contributed by atoms with Crippen molar-refractivity contribution in [3.8, 4) is 11.5 Å². The average Bonchev–Trinajstić information content (AvgIpc) is 3.10. The van der Waals surface area contributed by atoms with Gasteiger partial charge in [-0.15, -0.1) is 23.7 Å². The standard InChI is InChI=1S/C21H26N2O3S.ClH/c1-14-5-7-18(27-14)13-23(21(24)15-3-2-4-16(22)11-15)17-6-8-19-20(12-17)26-10-9-25-19;/h5-8,12,15-16H,2-4,9-11,13,22H2,1H3;1H. The second-order valence-electron chi connectivity index (χ2n) is 7.39. The molecule has 28 heavy (non-hydrogen) atoms. The minimum Gasteiger partial charge on any atom is -0.486 e. The molecule has 1 saturated carbocycles.